The van der Waals surface area contributed by atoms with Crippen LogP contribution in [0.1, 0.15) is 23.9 Å². The molecular formula is C15H17FN2O. The number of Topliss-reactive ketones (excluding diaryl/α,β-unsaturated/α-hetero) is 1. The Morgan fingerprint density at radius 3 is 2.74 bits per heavy atom. The molecule has 0 aliphatic heterocycles. The largest absolute Gasteiger partial charge is 0.299 e. The molecule has 0 N–H and O–H groups in total. The quantitative estimate of drug-likeness (QED) is 0.827. The van der Waals surface area contributed by atoms with Crippen molar-refractivity contribution in [3.8, 4) is 0 Å². The molecule has 0 radical (unpaired) electrons. The number of carbonyl (C=O) groups excluding carboxylic acids is 1. The van der Waals surface area contributed by atoms with E-state index in [0.29, 0.717) is 12.0 Å². The molecule has 0 saturated carbocycles. The fourth-order valence-corrected chi connectivity index (χ4v) is 2.05. The zero-order valence-corrected chi connectivity index (χ0v) is 11.2. The summed E-state index contributed by atoms with van der Waals surface area (Å²) in [7, 11) is 1.84. The average Bonchev–Trinajstić information content (AvgIpc) is 2.70. The Kier molecular flexibility index (Phi) is 4.10. The molecule has 0 saturated heterocycles. The normalized spacial score (nSPS) is 10.7. The summed E-state index contributed by atoms with van der Waals surface area (Å²) in [5.74, 6) is -0.240. The minimum absolute atomic E-state index is 0.0660. The van der Waals surface area contributed by atoms with Gasteiger partial charge in [0.05, 0.1) is 5.69 Å². The zero-order chi connectivity index (χ0) is 13.8. The first kappa shape index (κ1) is 13.5. The highest BCUT2D eigenvalue weighted by Crippen LogP contribution is 2.09. The molecule has 100 valence electrons. The minimum Gasteiger partial charge on any atom is -0.299 e. The highest BCUT2D eigenvalue weighted by molar-refractivity contribution is 5.82. The number of benzene rings is 1. The smallest absolute Gasteiger partial charge is 0.143 e. The lowest BCUT2D eigenvalue weighted by Gasteiger charge is -2.02. The van der Waals surface area contributed by atoms with Crippen molar-refractivity contribution in [1.29, 1.82) is 0 Å². The van der Waals surface area contributed by atoms with E-state index in [1.807, 2.05) is 20.0 Å². The molecule has 0 aliphatic carbocycles. The Hall–Kier alpha value is -1.97. The van der Waals surface area contributed by atoms with E-state index in [1.54, 1.807) is 16.8 Å². The van der Waals surface area contributed by atoms with Crippen LogP contribution in [0.25, 0.3) is 0 Å². The van der Waals surface area contributed by atoms with Crippen LogP contribution in [-0.2, 0) is 31.1 Å². The maximum absolute atomic E-state index is 13.0. The molecule has 2 aromatic rings. The number of aromatic nitrogens is 2. The molecule has 0 bridgehead atoms. The van der Waals surface area contributed by atoms with Gasteiger partial charge in [-0.15, -0.1) is 0 Å². The maximum atomic E-state index is 13.0. The minimum atomic E-state index is -0.306. The van der Waals surface area contributed by atoms with E-state index in [-0.39, 0.29) is 18.0 Å². The van der Waals surface area contributed by atoms with Crippen LogP contribution in [0, 0.1) is 5.82 Å². The van der Waals surface area contributed by atoms with Crippen molar-refractivity contribution in [1.82, 2.24) is 9.78 Å². The standard InChI is InChI=1S/C15H17FN2O/c1-3-13-9-14(18(2)17-13)10-15(19)8-11-5-4-6-12(16)7-11/h4-7,9H,3,8,10H2,1-2H3. The average molecular weight is 260 g/mol. The van der Waals surface area contributed by atoms with Gasteiger partial charge in [-0.1, -0.05) is 19.1 Å². The molecular weight excluding hydrogens is 243 g/mol. The molecule has 0 aliphatic rings. The summed E-state index contributed by atoms with van der Waals surface area (Å²) >= 11 is 0. The van der Waals surface area contributed by atoms with Crippen LogP contribution >= 0.6 is 0 Å². The second-order valence-corrected chi connectivity index (χ2v) is 4.63. The van der Waals surface area contributed by atoms with Crippen LogP contribution in [0.2, 0.25) is 0 Å². The molecule has 0 spiro atoms. The fraction of sp³-hybridized carbons (Fsp3) is 0.333. The number of rotatable bonds is 5. The molecule has 0 atom stereocenters. The van der Waals surface area contributed by atoms with E-state index in [9.17, 15) is 9.18 Å². The summed E-state index contributed by atoms with van der Waals surface area (Å²) in [6.07, 6.45) is 1.44. The Morgan fingerprint density at radius 2 is 2.11 bits per heavy atom. The van der Waals surface area contributed by atoms with E-state index in [4.69, 9.17) is 0 Å². The number of nitrogens with zero attached hydrogens (tertiary/aromatic N) is 2. The van der Waals surface area contributed by atoms with Gasteiger partial charge in [-0.25, -0.2) is 4.39 Å². The van der Waals surface area contributed by atoms with Crippen molar-refractivity contribution >= 4 is 5.78 Å². The predicted octanol–water partition coefficient (Wildman–Crippen LogP) is 2.48. The van der Waals surface area contributed by atoms with Crippen LogP contribution in [0.3, 0.4) is 0 Å². The second-order valence-electron chi connectivity index (χ2n) is 4.63. The van der Waals surface area contributed by atoms with Gasteiger partial charge in [0.2, 0.25) is 0 Å². The first-order chi connectivity index (χ1) is 9.08. The summed E-state index contributed by atoms with van der Waals surface area (Å²) in [6, 6.07) is 8.11. The third-order valence-corrected chi connectivity index (χ3v) is 3.06. The number of carbonyl (C=O) groups is 1. The Balaban J connectivity index is 2.03. The number of hydrogen-bond donors (Lipinski definition) is 0. The van der Waals surface area contributed by atoms with E-state index in [1.165, 1.54) is 12.1 Å². The number of ketones is 1. The van der Waals surface area contributed by atoms with Gasteiger partial charge < -0.3 is 0 Å². The molecule has 1 aromatic carbocycles. The van der Waals surface area contributed by atoms with Crippen molar-refractivity contribution in [2.75, 3.05) is 0 Å². The highest BCUT2D eigenvalue weighted by Gasteiger charge is 2.10. The fourth-order valence-electron chi connectivity index (χ4n) is 2.05. The van der Waals surface area contributed by atoms with Crippen molar-refractivity contribution in [3.63, 3.8) is 0 Å². The predicted molar refractivity (Wildman–Crippen MR) is 71.4 cm³/mol. The Morgan fingerprint density at radius 1 is 1.32 bits per heavy atom. The lowest BCUT2D eigenvalue weighted by atomic mass is 10.1. The van der Waals surface area contributed by atoms with Gasteiger partial charge in [-0.3, -0.25) is 9.48 Å². The summed E-state index contributed by atoms with van der Waals surface area (Å²) < 4.78 is 14.8. The number of hydrogen-bond acceptors (Lipinski definition) is 2. The van der Waals surface area contributed by atoms with Crippen LogP contribution < -0.4 is 0 Å². The molecule has 3 nitrogen and oxygen atoms in total. The van der Waals surface area contributed by atoms with Crippen LogP contribution in [0.4, 0.5) is 4.39 Å². The molecule has 1 aromatic heterocycles. The molecule has 0 amide bonds. The van der Waals surface area contributed by atoms with Crippen LogP contribution in [0.5, 0.6) is 0 Å². The summed E-state index contributed by atoms with van der Waals surface area (Å²) in [4.78, 5) is 12.0. The Labute approximate surface area is 112 Å². The highest BCUT2D eigenvalue weighted by atomic mass is 19.1. The van der Waals surface area contributed by atoms with E-state index >= 15 is 0 Å². The van der Waals surface area contributed by atoms with E-state index < -0.39 is 0 Å². The molecule has 0 fully saturated rings. The summed E-state index contributed by atoms with van der Waals surface area (Å²) in [5, 5.41) is 4.31. The summed E-state index contributed by atoms with van der Waals surface area (Å²) in [6.45, 7) is 2.03. The Bertz CT molecular complexity index is 590. The first-order valence-electron chi connectivity index (χ1n) is 6.36. The SMILES string of the molecule is CCc1cc(CC(=O)Cc2cccc(F)c2)n(C)n1. The van der Waals surface area contributed by atoms with E-state index in [2.05, 4.69) is 5.10 Å². The molecule has 19 heavy (non-hydrogen) atoms. The molecule has 2 rings (SSSR count). The van der Waals surface area contributed by atoms with Crippen LogP contribution in [-0.4, -0.2) is 15.6 Å². The zero-order valence-electron chi connectivity index (χ0n) is 11.2. The van der Waals surface area contributed by atoms with Gasteiger partial charge >= 0.3 is 0 Å². The molecule has 0 unspecified atom stereocenters. The van der Waals surface area contributed by atoms with Gasteiger partial charge in [0.25, 0.3) is 0 Å². The first-order valence-corrected chi connectivity index (χ1v) is 6.36. The molecule has 1 heterocycles. The van der Waals surface area contributed by atoms with Crippen molar-refractivity contribution < 1.29 is 9.18 Å². The van der Waals surface area contributed by atoms with Crippen molar-refractivity contribution in [2.45, 2.75) is 26.2 Å². The van der Waals surface area contributed by atoms with Crippen LogP contribution in [0.15, 0.2) is 30.3 Å². The second kappa shape index (κ2) is 5.78. The van der Waals surface area contributed by atoms with E-state index in [0.717, 1.165) is 17.8 Å². The van der Waals surface area contributed by atoms with Gasteiger partial charge in [-0.05, 0) is 30.2 Å². The topological polar surface area (TPSA) is 34.9 Å². The number of halogens is 1. The van der Waals surface area contributed by atoms with Crippen molar-refractivity contribution in [2.24, 2.45) is 7.05 Å². The third-order valence-electron chi connectivity index (χ3n) is 3.06. The van der Waals surface area contributed by atoms with Gasteiger partial charge in [-0.2, -0.15) is 5.10 Å². The third kappa shape index (κ3) is 3.50. The van der Waals surface area contributed by atoms with Gasteiger partial charge in [0.1, 0.15) is 11.6 Å². The summed E-state index contributed by atoms with van der Waals surface area (Å²) in [5.41, 5.74) is 2.59. The van der Waals surface area contributed by atoms with Gasteiger partial charge in [0.15, 0.2) is 0 Å². The van der Waals surface area contributed by atoms with Gasteiger partial charge in [0, 0.05) is 25.6 Å². The lowest BCUT2D eigenvalue weighted by Crippen LogP contribution is -2.10. The monoisotopic (exact) mass is 260 g/mol. The van der Waals surface area contributed by atoms with Crippen molar-refractivity contribution in [3.05, 3.63) is 53.1 Å². The maximum Gasteiger partial charge on any atom is 0.143 e. The lowest BCUT2D eigenvalue weighted by molar-refractivity contribution is -0.117. The molecule has 4 heteroatoms. The number of aryl methyl sites for hydroxylation is 2.